The van der Waals surface area contributed by atoms with Crippen molar-refractivity contribution < 1.29 is 9.69 Å². The van der Waals surface area contributed by atoms with E-state index in [1.54, 1.807) is 0 Å². The number of aromatic nitrogens is 1. The fourth-order valence-electron chi connectivity index (χ4n) is 2.12. The summed E-state index contributed by atoms with van der Waals surface area (Å²) >= 11 is 0. The summed E-state index contributed by atoms with van der Waals surface area (Å²) in [4.78, 5) is 16.7. The van der Waals surface area contributed by atoms with Gasteiger partial charge in [-0.15, -0.1) is 0 Å². The average molecular weight is 231 g/mol. The van der Waals surface area contributed by atoms with E-state index >= 15 is 0 Å². The van der Waals surface area contributed by atoms with Crippen molar-refractivity contribution in [3.8, 4) is 0 Å². The summed E-state index contributed by atoms with van der Waals surface area (Å²) in [7, 11) is 0. The molecule has 0 saturated heterocycles. The summed E-state index contributed by atoms with van der Waals surface area (Å²) in [5, 5.41) is 1.03. The molecule has 0 radical (unpaired) electrons. The van der Waals surface area contributed by atoms with E-state index in [4.69, 9.17) is 0 Å². The second kappa shape index (κ2) is 5.15. The second-order valence-corrected chi connectivity index (χ2v) is 4.30. The number of carbonyl (C=O) groups is 1. The zero-order valence-corrected chi connectivity index (χ0v) is 10.4. The molecule has 0 aliphatic rings. The molecule has 0 fully saturated rings. The molecular formula is C14H19N2O+. The molecule has 17 heavy (non-hydrogen) atoms. The van der Waals surface area contributed by atoms with Gasteiger partial charge in [-0.3, -0.25) is 4.79 Å². The highest BCUT2D eigenvalue weighted by atomic mass is 16.1. The van der Waals surface area contributed by atoms with Gasteiger partial charge in [0.05, 0.1) is 13.1 Å². The summed E-state index contributed by atoms with van der Waals surface area (Å²) in [6.45, 7) is 6.78. The van der Waals surface area contributed by atoms with Crippen LogP contribution >= 0.6 is 0 Å². The molecule has 0 unspecified atom stereocenters. The molecule has 1 aromatic heterocycles. The molecule has 90 valence electrons. The van der Waals surface area contributed by atoms with Crippen LogP contribution in [0.1, 0.15) is 24.2 Å². The van der Waals surface area contributed by atoms with Gasteiger partial charge in [-0.1, -0.05) is 18.2 Å². The van der Waals surface area contributed by atoms with E-state index in [1.807, 2.05) is 30.5 Å². The van der Waals surface area contributed by atoms with E-state index in [0.717, 1.165) is 29.6 Å². The predicted molar refractivity (Wildman–Crippen MR) is 69.5 cm³/mol. The second-order valence-electron chi connectivity index (χ2n) is 4.30. The molecule has 0 bridgehead atoms. The van der Waals surface area contributed by atoms with Crippen LogP contribution in [0, 0.1) is 0 Å². The van der Waals surface area contributed by atoms with Crippen LogP contribution in [-0.2, 0) is 0 Å². The van der Waals surface area contributed by atoms with Crippen molar-refractivity contribution in [2.24, 2.45) is 0 Å². The SMILES string of the molecule is CC[NH+](CC)CC(=O)c1c[nH]c2ccccc12. The molecule has 2 N–H and O–H groups in total. The summed E-state index contributed by atoms with van der Waals surface area (Å²) < 4.78 is 0. The minimum Gasteiger partial charge on any atom is -0.360 e. The molecule has 0 aliphatic carbocycles. The smallest absolute Gasteiger partial charge is 0.219 e. The lowest BCUT2D eigenvalue weighted by molar-refractivity contribution is -0.887. The molecular weight excluding hydrogens is 212 g/mol. The van der Waals surface area contributed by atoms with Crippen molar-refractivity contribution in [3.63, 3.8) is 0 Å². The quantitative estimate of drug-likeness (QED) is 0.747. The number of carbonyl (C=O) groups excluding carboxylic acids is 1. The summed E-state index contributed by atoms with van der Waals surface area (Å²) in [5.74, 6) is 0.223. The maximum atomic E-state index is 12.2. The van der Waals surface area contributed by atoms with Gasteiger partial charge < -0.3 is 9.88 Å². The lowest BCUT2D eigenvalue weighted by Gasteiger charge is -2.13. The predicted octanol–water partition coefficient (Wildman–Crippen LogP) is 1.28. The minimum absolute atomic E-state index is 0.223. The molecule has 0 saturated carbocycles. The highest BCUT2D eigenvalue weighted by Crippen LogP contribution is 2.17. The number of fused-ring (bicyclic) bond motifs is 1. The molecule has 0 aliphatic heterocycles. The third-order valence-corrected chi connectivity index (χ3v) is 3.30. The summed E-state index contributed by atoms with van der Waals surface area (Å²) in [5.41, 5.74) is 1.85. The first kappa shape index (κ1) is 11.9. The maximum Gasteiger partial charge on any atom is 0.219 e. The van der Waals surface area contributed by atoms with Gasteiger partial charge in [0.1, 0.15) is 6.54 Å². The van der Waals surface area contributed by atoms with Gasteiger partial charge in [-0.25, -0.2) is 0 Å². The van der Waals surface area contributed by atoms with E-state index in [9.17, 15) is 4.79 Å². The highest BCUT2D eigenvalue weighted by molar-refractivity contribution is 6.08. The van der Waals surface area contributed by atoms with Crippen molar-refractivity contribution in [1.29, 1.82) is 0 Å². The Labute approximate surface area is 101 Å². The van der Waals surface area contributed by atoms with Gasteiger partial charge in [0.25, 0.3) is 0 Å². The first-order chi connectivity index (χ1) is 8.26. The first-order valence-electron chi connectivity index (χ1n) is 6.19. The fraction of sp³-hybridized carbons (Fsp3) is 0.357. The van der Waals surface area contributed by atoms with Crippen LogP contribution in [0.3, 0.4) is 0 Å². The molecule has 3 nitrogen and oxygen atoms in total. The molecule has 1 aromatic carbocycles. The number of nitrogens with one attached hydrogen (secondary N) is 2. The van der Waals surface area contributed by atoms with E-state index in [1.165, 1.54) is 4.90 Å². The van der Waals surface area contributed by atoms with E-state index < -0.39 is 0 Å². The van der Waals surface area contributed by atoms with Crippen LogP contribution in [0.5, 0.6) is 0 Å². The monoisotopic (exact) mass is 231 g/mol. The van der Waals surface area contributed by atoms with Crippen molar-refractivity contribution in [2.75, 3.05) is 19.6 Å². The number of Topliss-reactive ketones (excluding diaryl/α,β-unsaturated/α-hetero) is 1. The largest absolute Gasteiger partial charge is 0.360 e. The Bertz CT molecular complexity index is 512. The minimum atomic E-state index is 0.223. The number of aromatic amines is 1. The number of para-hydroxylation sites is 1. The topological polar surface area (TPSA) is 37.3 Å². The Morgan fingerprint density at radius 3 is 2.65 bits per heavy atom. The Morgan fingerprint density at radius 2 is 1.94 bits per heavy atom. The van der Waals surface area contributed by atoms with Gasteiger partial charge in [0.15, 0.2) is 0 Å². The molecule has 2 aromatic rings. The van der Waals surface area contributed by atoms with Gasteiger partial charge in [0, 0.05) is 22.7 Å². The standard InChI is InChI=1S/C14H18N2O/c1-3-16(4-2)10-14(17)12-9-15-13-8-6-5-7-11(12)13/h5-9,15H,3-4,10H2,1-2H3/p+1. The van der Waals surface area contributed by atoms with Crippen LogP contribution in [0.2, 0.25) is 0 Å². The Balaban J connectivity index is 2.25. The summed E-state index contributed by atoms with van der Waals surface area (Å²) in [6, 6.07) is 7.94. The van der Waals surface area contributed by atoms with Crippen molar-refractivity contribution in [1.82, 2.24) is 4.98 Å². The van der Waals surface area contributed by atoms with Crippen molar-refractivity contribution in [2.45, 2.75) is 13.8 Å². The molecule has 0 amide bonds. The Morgan fingerprint density at radius 1 is 1.24 bits per heavy atom. The molecule has 1 heterocycles. The van der Waals surface area contributed by atoms with E-state index in [2.05, 4.69) is 18.8 Å². The normalized spacial score (nSPS) is 11.2. The number of H-pyrrole nitrogens is 1. The Kier molecular flexibility index (Phi) is 3.59. The van der Waals surface area contributed by atoms with Crippen LogP contribution in [0.25, 0.3) is 10.9 Å². The number of benzene rings is 1. The number of rotatable bonds is 5. The molecule has 0 spiro atoms. The van der Waals surface area contributed by atoms with Crippen molar-refractivity contribution in [3.05, 3.63) is 36.0 Å². The number of likely N-dealkylation sites (N-methyl/N-ethyl adjacent to an activating group) is 1. The van der Waals surface area contributed by atoms with Crippen LogP contribution in [0.4, 0.5) is 0 Å². The van der Waals surface area contributed by atoms with Crippen molar-refractivity contribution >= 4 is 16.7 Å². The lowest BCUT2D eigenvalue weighted by Crippen LogP contribution is -3.12. The zero-order chi connectivity index (χ0) is 12.3. The molecule has 0 atom stereocenters. The zero-order valence-electron chi connectivity index (χ0n) is 10.4. The number of hydrogen-bond acceptors (Lipinski definition) is 1. The fourth-order valence-corrected chi connectivity index (χ4v) is 2.12. The third kappa shape index (κ3) is 2.39. The van der Waals surface area contributed by atoms with Gasteiger partial charge in [-0.05, 0) is 19.9 Å². The molecule has 3 heteroatoms. The number of quaternary nitrogens is 1. The van der Waals surface area contributed by atoms with Crippen LogP contribution in [-0.4, -0.2) is 30.4 Å². The highest BCUT2D eigenvalue weighted by Gasteiger charge is 2.16. The number of hydrogen-bond donors (Lipinski definition) is 2. The number of ketones is 1. The maximum absolute atomic E-state index is 12.2. The first-order valence-corrected chi connectivity index (χ1v) is 6.19. The third-order valence-electron chi connectivity index (χ3n) is 3.30. The van der Waals surface area contributed by atoms with Gasteiger partial charge in [0.2, 0.25) is 5.78 Å². The average Bonchev–Trinajstić information content (AvgIpc) is 2.79. The molecule has 2 rings (SSSR count). The van der Waals surface area contributed by atoms with Gasteiger partial charge >= 0.3 is 0 Å². The van der Waals surface area contributed by atoms with Crippen LogP contribution < -0.4 is 4.90 Å². The Hall–Kier alpha value is -1.61. The summed E-state index contributed by atoms with van der Waals surface area (Å²) in [6.07, 6.45) is 1.83. The van der Waals surface area contributed by atoms with E-state index in [-0.39, 0.29) is 5.78 Å². The lowest BCUT2D eigenvalue weighted by atomic mass is 10.1. The van der Waals surface area contributed by atoms with Gasteiger partial charge in [-0.2, -0.15) is 0 Å². The van der Waals surface area contributed by atoms with Crippen LogP contribution in [0.15, 0.2) is 30.5 Å². The van der Waals surface area contributed by atoms with E-state index in [0.29, 0.717) is 6.54 Å².